The molecule has 0 aliphatic rings. The van der Waals surface area contributed by atoms with Gasteiger partial charge in [0.25, 0.3) is 0 Å². The number of anilines is 1. The maximum absolute atomic E-state index is 12.0. The lowest BCUT2D eigenvalue weighted by atomic mass is 10.2. The number of hydrogen-bond acceptors (Lipinski definition) is 9. The molecule has 0 saturated heterocycles. The number of thioether (sulfide) groups is 1. The van der Waals surface area contributed by atoms with E-state index in [4.69, 9.17) is 10.5 Å². The standard InChI is InChI=1S/C14H16N6O2S2/c1-4-22-13(21)10-7(2)9-11(15)17-8(18-12(9)24-10)5-23-14-19-16-6-20(14)3/h6H,4-5H2,1-3H3,(H2,15,17,18). The van der Waals surface area contributed by atoms with Crippen molar-refractivity contribution in [1.29, 1.82) is 0 Å². The van der Waals surface area contributed by atoms with Gasteiger partial charge in [0.2, 0.25) is 0 Å². The number of rotatable bonds is 5. The highest BCUT2D eigenvalue weighted by Crippen LogP contribution is 2.33. The lowest BCUT2D eigenvalue weighted by Crippen LogP contribution is -2.04. The number of nitrogens with two attached hydrogens (primary N) is 1. The van der Waals surface area contributed by atoms with Gasteiger partial charge in [0.05, 0.1) is 17.7 Å². The molecule has 126 valence electrons. The zero-order valence-corrected chi connectivity index (χ0v) is 15.1. The van der Waals surface area contributed by atoms with Gasteiger partial charge in [-0.1, -0.05) is 11.8 Å². The summed E-state index contributed by atoms with van der Waals surface area (Å²) in [5, 5.41) is 9.33. The molecule has 3 aromatic heterocycles. The number of esters is 1. The molecule has 24 heavy (non-hydrogen) atoms. The summed E-state index contributed by atoms with van der Waals surface area (Å²) >= 11 is 2.75. The molecule has 0 aliphatic carbocycles. The molecule has 0 spiro atoms. The molecule has 3 aromatic rings. The second-order valence-corrected chi connectivity index (χ2v) is 6.94. The van der Waals surface area contributed by atoms with Gasteiger partial charge in [0.15, 0.2) is 5.16 Å². The topological polar surface area (TPSA) is 109 Å². The number of carbonyl (C=O) groups is 1. The van der Waals surface area contributed by atoms with E-state index < -0.39 is 0 Å². The van der Waals surface area contributed by atoms with Crippen LogP contribution in [-0.2, 0) is 17.5 Å². The maximum atomic E-state index is 12.0. The summed E-state index contributed by atoms with van der Waals surface area (Å²) in [4.78, 5) is 22.1. The summed E-state index contributed by atoms with van der Waals surface area (Å²) in [7, 11) is 1.87. The number of aromatic nitrogens is 5. The van der Waals surface area contributed by atoms with Crippen molar-refractivity contribution >= 4 is 45.1 Å². The van der Waals surface area contributed by atoms with Gasteiger partial charge >= 0.3 is 5.97 Å². The van der Waals surface area contributed by atoms with Crippen molar-refractivity contribution in [1.82, 2.24) is 24.7 Å². The normalized spacial score (nSPS) is 11.1. The first-order valence-corrected chi connectivity index (χ1v) is 9.00. The first-order chi connectivity index (χ1) is 11.5. The van der Waals surface area contributed by atoms with Crippen LogP contribution in [0.1, 0.15) is 28.0 Å². The number of fused-ring (bicyclic) bond motifs is 1. The van der Waals surface area contributed by atoms with Gasteiger partial charge in [-0.3, -0.25) is 0 Å². The Hall–Kier alpha value is -2.20. The highest BCUT2D eigenvalue weighted by Gasteiger charge is 2.20. The van der Waals surface area contributed by atoms with Crippen molar-refractivity contribution in [3.8, 4) is 0 Å². The zero-order valence-electron chi connectivity index (χ0n) is 13.4. The predicted octanol–water partition coefficient (Wildman–Crippen LogP) is 2.18. The van der Waals surface area contributed by atoms with Crippen molar-refractivity contribution in [3.63, 3.8) is 0 Å². The summed E-state index contributed by atoms with van der Waals surface area (Å²) in [5.41, 5.74) is 6.85. The van der Waals surface area contributed by atoms with Gasteiger partial charge in [0.1, 0.15) is 27.7 Å². The largest absolute Gasteiger partial charge is 0.462 e. The van der Waals surface area contributed by atoms with E-state index in [-0.39, 0.29) is 5.97 Å². The second kappa shape index (κ2) is 6.73. The van der Waals surface area contributed by atoms with Gasteiger partial charge in [0, 0.05) is 7.05 Å². The Morgan fingerprint density at radius 1 is 1.46 bits per heavy atom. The molecule has 0 aliphatic heterocycles. The van der Waals surface area contributed by atoms with Crippen LogP contribution in [0.2, 0.25) is 0 Å². The van der Waals surface area contributed by atoms with E-state index in [1.54, 1.807) is 13.3 Å². The molecule has 0 amide bonds. The van der Waals surface area contributed by atoms with Crippen LogP contribution in [0, 0.1) is 6.92 Å². The van der Waals surface area contributed by atoms with Crippen LogP contribution in [-0.4, -0.2) is 37.3 Å². The first kappa shape index (κ1) is 16.7. The molecular formula is C14H16N6O2S2. The summed E-state index contributed by atoms with van der Waals surface area (Å²) < 4.78 is 6.90. The van der Waals surface area contributed by atoms with E-state index in [1.165, 1.54) is 23.1 Å². The molecule has 0 bridgehead atoms. The highest BCUT2D eigenvalue weighted by atomic mass is 32.2. The van der Waals surface area contributed by atoms with Gasteiger partial charge in [-0.05, 0) is 19.4 Å². The Labute approximate surface area is 146 Å². The molecule has 0 saturated carbocycles. The third-order valence-corrected chi connectivity index (χ3v) is 5.52. The van der Waals surface area contributed by atoms with E-state index >= 15 is 0 Å². The van der Waals surface area contributed by atoms with Crippen LogP contribution < -0.4 is 5.73 Å². The number of ether oxygens (including phenoxy) is 1. The molecule has 10 heteroatoms. The first-order valence-electron chi connectivity index (χ1n) is 7.20. The van der Waals surface area contributed by atoms with Crippen LogP contribution in [0.5, 0.6) is 0 Å². The molecule has 0 aromatic carbocycles. The SMILES string of the molecule is CCOC(=O)c1sc2nc(CSc3nncn3C)nc(N)c2c1C. The minimum atomic E-state index is -0.354. The number of hydrogen-bond donors (Lipinski definition) is 1. The summed E-state index contributed by atoms with van der Waals surface area (Å²) in [6, 6.07) is 0. The third kappa shape index (κ3) is 3.06. The van der Waals surface area contributed by atoms with Gasteiger partial charge in [-0.2, -0.15) is 0 Å². The number of carbonyl (C=O) groups excluding carboxylic acids is 1. The lowest BCUT2D eigenvalue weighted by Gasteiger charge is -2.03. The van der Waals surface area contributed by atoms with Crippen molar-refractivity contribution in [3.05, 3.63) is 22.6 Å². The molecule has 0 atom stereocenters. The molecule has 0 radical (unpaired) electrons. The minimum Gasteiger partial charge on any atom is -0.462 e. The maximum Gasteiger partial charge on any atom is 0.348 e. The fourth-order valence-corrected chi connectivity index (χ4v) is 4.05. The number of aryl methyl sites for hydroxylation is 2. The van der Waals surface area contributed by atoms with Crippen LogP contribution in [0.25, 0.3) is 10.2 Å². The molecule has 0 unspecified atom stereocenters. The van der Waals surface area contributed by atoms with Crippen molar-refractivity contribution in [2.24, 2.45) is 7.05 Å². The Balaban J connectivity index is 1.92. The lowest BCUT2D eigenvalue weighted by molar-refractivity contribution is 0.0531. The smallest absolute Gasteiger partial charge is 0.348 e. The molecule has 8 nitrogen and oxygen atoms in total. The average molecular weight is 364 g/mol. The van der Waals surface area contributed by atoms with Crippen LogP contribution in [0.15, 0.2) is 11.5 Å². The van der Waals surface area contributed by atoms with Crippen molar-refractivity contribution < 1.29 is 9.53 Å². The molecular weight excluding hydrogens is 348 g/mol. The molecule has 0 fully saturated rings. The number of thiophene rings is 1. The zero-order chi connectivity index (χ0) is 17.3. The highest BCUT2D eigenvalue weighted by molar-refractivity contribution is 7.98. The summed E-state index contributed by atoms with van der Waals surface area (Å²) in [6.07, 6.45) is 1.63. The summed E-state index contributed by atoms with van der Waals surface area (Å²) in [5.74, 6) is 1.12. The average Bonchev–Trinajstić information content (AvgIpc) is 3.09. The van der Waals surface area contributed by atoms with Gasteiger partial charge in [-0.15, -0.1) is 21.5 Å². The summed E-state index contributed by atoms with van der Waals surface area (Å²) in [6.45, 7) is 3.93. The number of nitrogen functional groups attached to an aromatic ring is 1. The van der Waals surface area contributed by atoms with Crippen molar-refractivity contribution in [2.75, 3.05) is 12.3 Å². The van der Waals surface area contributed by atoms with E-state index in [0.717, 1.165) is 16.1 Å². The van der Waals surface area contributed by atoms with E-state index in [9.17, 15) is 4.79 Å². The Morgan fingerprint density at radius 2 is 2.25 bits per heavy atom. The monoisotopic (exact) mass is 364 g/mol. The van der Waals surface area contributed by atoms with Crippen LogP contribution in [0.3, 0.4) is 0 Å². The molecule has 3 heterocycles. The quantitative estimate of drug-likeness (QED) is 0.542. The van der Waals surface area contributed by atoms with Gasteiger partial charge in [-0.25, -0.2) is 14.8 Å². The van der Waals surface area contributed by atoms with Crippen LogP contribution >= 0.6 is 23.1 Å². The van der Waals surface area contributed by atoms with E-state index in [0.29, 0.717) is 33.7 Å². The van der Waals surface area contributed by atoms with Crippen LogP contribution in [0.4, 0.5) is 5.82 Å². The Kier molecular flexibility index (Phi) is 4.67. The van der Waals surface area contributed by atoms with E-state index in [1.807, 2.05) is 18.5 Å². The molecule has 3 rings (SSSR count). The van der Waals surface area contributed by atoms with Gasteiger partial charge < -0.3 is 15.0 Å². The number of nitrogens with zero attached hydrogens (tertiary/aromatic N) is 5. The Bertz CT molecular complexity index is 904. The van der Waals surface area contributed by atoms with Crippen molar-refractivity contribution in [2.45, 2.75) is 24.8 Å². The predicted molar refractivity (Wildman–Crippen MR) is 93.1 cm³/mol. The fraction of sp³-hybridized carbons (Fsp3) is 0.357. The second-order valence-electron chi connectivity index (χ2n) is 4.99. The molecule has 2 N–H and O–H groups in total. The third-order valence-electron chi connectivity index (χ3n) is 3.33. The van der Waals surface area contributed by atoms with E-state index in [2.05, 4.69) is 20.2 Å². The fourth-order valence-electron chi connectivity index (χ4n) is 2.20. The Morgan fingerprint density at radius 3 is 2.92 bits per heavy atom. The minimum absolute atomic E-state index is 0.327.